The number of ether oxygens (including phenoxy) is 1. The highest BCUT2D eigenvalue weighted by molar-refractivity contribution is 6.31. The number of hydrogen-bond donors (Lipinski definition) is 2. The molecule has 0 atom stereocenters. The second-order valence-corrected chi connectivity index (χ2v) is 6.08. The van der Waals surface area contributed by atoms with Crippen molar-refractivity contribution in [2.75, 3.05) is 17.7 Å². The third kappa shape index (κ3) is 4.51. The van der Waals surface area contributed by atoms with Crippen molar-refractivity contribution in [3.05, 3.63) is 70.9 Å². The lowest BCUT2D eigenvalue weighted by molar-refractivity contribution is 0.102. The summed E-state index contributed by atoms with van der Waals surface area (Å²) in [6, 6.07) is 9.17. The Kier molecular flexibility index (Phi) is 5.52. The van der Waals surface area contributed by atoms with Crippen molar-refractivity contribution in [3.8, 4) is 5.75 Å². The van der Waals surface area contributed by atoms with Crippen molar-refractivity contribution in [1.82, 2.24) is 9.97 Å². The molecule has 0 saturated carbocycles. The lowest BCUT2D eigenvalue weighted by Crippen LogP contribution is -2.15. The van der Waals surface area contributed by atoms with E-state index in [2.05, 4.69) is 20.6 Å². The highest BCUT2D eigenvalue weighted by atomic mass is 35.5. The van der Waals surface area contributed by atoms with Crippen LogP contribution in [0.2, 0.25) is 5.02 Å². The lowest BCUT2D eigenvalue weighted by Gasteiger charge is -2.12. The topological polar surface area (TPSA) is 76.1 Å². The van der Waals surface area contributed by atoms with Crippen LogP contribution in [-0.4, -0.2) is 23.0 Å². The standard InChI is InChI=1S/C19H16ClFN4O2/c1-11-7-15(17(27-2)8-14(11)20)25-19(26)16-9-23-18(10-22-16)24-13-5-3-12(21)4-6-13/h3-10H,1-2H3,(H,23,24)(H,25,26). The molecule has 1 amide bonds. The van der Waals surface area contributed by atoms with E-state index in [9.17, 15) is 9.18 Å². The fraction of sp³-hybridized carbons (Fsp3) is 0.105. The molecular formula is C19H16ClFN4O2. The third-order valence-electron chi connectivity index (χ3n) is 3.73. The van der Waals surface area contributed by atoms with E-state index in [-0.39, 0.29) is 11.5 Å². The summed E-state index contributed by atoms with van der Waals surface area (Å²) in [5, 5.41) is 6.25. The largest absolute Gasteiger partial charge is 0.495 e. The maximum absolute atomic E-state index is 12.9. The van der Waals surface area contributed by atoms with Gasteiger partial charge in [0.1, 0.15) is 23.1 Å². The van der Waals surface area contributed by atoms with Gasteiger partial charge in [-0.15, -0.1) is 0 Å². The van der Waals surface area contributed by atoms with E-state index < -0.39 is 5.91 Å². The van der Waals surface area contributed by atoms with E-state index in [0.29, 0.717) is 28.0 Å². The van der Waals surface area contributed by atoms with Crippen LogP contribution >= 0.6 is 11.6 Å². The number of amides is 1. The average molecular weight is 387 g/mol. The maximum atomic E-state index is 12.9. The molecule has 1 aromatic heterocycles. The van der Waals surface area contributed by atoms with Gasteiger partial charge in [0.25, 0.3) is 5.91 Å². The predicted molar refractivity (Wildman–Crippen MR) is 102 cm³/mol. The first kappa shape index (κ1) is 18.6. The third-order valence-corrected chi connectivity index (χ3v) is 4.14. The summed E-state index contributed by atoms with van der Waals surface area (Å²) in [7, 11) is 1.49. The number of hydrogen-bond acceptors (Lipinski definition) is 5. The zero-order valence-electron chi connectivity index (χ0n) is 14.6. The number of aryl methyl sites for hydroxylation is 1. The quantitative estimate of drug-likeness (QED) is 0.671. The molecule has 0 saturated heterocycles. The highest BCUT2D eigenvalue weighted by Crippen LogP contribution is 2.31. The molecule has 27 heavy (non-hydrogen) atoms. The summed E-state index contributed by atoms with van der Waals surface area (Å²) in [6.45, 7) is 1.83. The van der Waals surface area contributed by atoms with Gasteiger partial charge >= 0.3 is 0 Å². The molecule has 2 N–H and O–H groups in total. The summed E-state index contributed by atoms with van der Waals surface area (Å²) in [5.41, 5.74) is 2.08. The summed E-state index contributed by atoms with van der Waals surface area (Å²) >= 11 is 6.07. The molecule has 0 aliphatic heterocycles. The summed E-state index contributed by atoms with van der Waals surface area (Å²) in [5.74, 6) is 0.113. The normalized spacial score (nSPS) is 10.4. The zero-order valence-corrected chi connectivity index (χ0v) is 15.3. The van der Waals surface area contributed by atoms with E-state index >= 15 is 0 Å². The second-order valence-electron chi connectivity index (χ2n) is 5.67. The van der Waals surface area contributed by atoms with E-state index in [1.807, 2.05) is 6.92 Å². The molecule has 0 fully saturated rings. The number of methoxy groups -OCH3 is 1. The number of aromatic nitrogens is 2. The molecule has 138 valence electrons. The lowest BCUT2D eigenvalue weighted by atomic mass is 10.2. The molecular weight excluding hydrogens is 371 g/mol. The number of carbonyl (C=O) groups is 1. The van der Waals surface area contributed by atoms with E-state index in [1.165, 1.54) is 31.6 Å². The number of anilines is 3. The van der Waals surface area contributed by atoms with E-state index in [1.54, 1.807) is 24.3 Å². The highest BCUT2D eigenvalue weighted by Gasteiger charge is 2.13. The van der Waals surface area contributed by atoms with Crippen molar-refractivity contribution in [1.29, 1.82) is 0 Å². The Bertz CT molecular complexity index is 963. The number of benzene rings is 2. The summed E-state index contributed by atoms with van der Waals surface area (Å²) in [6.07, 6.45) is 2.76. The van der Waals surface area contributed by atoms with Crippen LogP contribution < -0.4 is 15.4 Å². The van der Waals surface area contributed by atoms with Crippen LogP contribution in [0.5, 0.6) is 5.75 Å². The molecule has 6 nitrogen and oxygen atoms in total. The van der Waals surface area contributed by atoms with Crippen LogP contribution in [0.4, 0.5) is 21.6 Å². The van der Waals surface area contributed by atoms with Crippen molar-refractivity contribution >= 4 is 34.7 Å². The molecule has 3 aromatic rings. The number of rotatable bonds is 5. The molecule has 0 aliphatic carbocycles. The summed E-state index contributed by atoms with van der Waals surface area (Å²) < 4.78 is 18.2. The number of halogens is 2. The fourth-order valence-electron chi connectivity index (χ4n) is 2.31. The van der Waals surface area contributed by atoms with Crippen molar-refractivity contribution in [3.63, 3.8) is 0 Å². The zero-order chi connectivity index (χ0) is 19.4. The Balaban J connectivity index is 1.72. The SMILES string of the molecule is COc1cc(Cl)c(C)cc1NC(=O)c1cnc(Nc2ccc(F)cc2)cn1. The molecule has 0 bridgehead atoms. The average Bonchev–Trinajstić information content (AvgIpc) is 2.67. The van der Waals surface area contributed by atoms with E-state index in [4.69, 9.17) is 16.3 Å². The molecule has 1 heterocycles. The molecule has 3 rings (SSSR count). The molecule has 0 radical (unpaired) electrons. The number of nitrogens with zero attached hydrogens (tertiary/aromatic N) is 2. The maximum Gasteiger partial charge on any atom is 0.275 e. The van der Waals surface area contributed by atoms with Gasteiger partial charge in [-0.1, -0.05) is 11.6 Å². The second kappa shape index (κ2) is 8.01. The van der Waals surface area contributed by atoms with Crippen LogP contribution in [-0.2, 0) is 0 Å². The number of carbonyl (C=O) groups excluding carboxylic acids is 1. The first-order chi connectivity index (χ1) is 13.0. The van der Waals surface area contributed by atoms with Crippen LogP contribution in [0, 0.1) is 12.7 Å². The van der Waals surface area contributed by atoms with Crippen LogP contribution in [0.3, 0.4) is 0 Å². The van der Waals surface area contributed by atoms with Crippen LogP contribution in [0.15, 0.2) is 48.8 Å². The van der Waals surface area contributed by atoms with Crippen LogP contribution in [0.25, 0.3) is 0 Å². The molecule has 0 unspecified atom stereocenters. The van der Waals surface area contributed by atoms with Crippen molar-refractivity contribution in [2.24, 2.45) is 0 Å². The van der Waals surface area contributed by atoms with Gasteiger partial charge in [-0.25, -0.2) is 14.4 Å². The van der Waals surface area contributed by atoms with Crippen molar-refractivity contribution < 1.29 is 13.9 Å². The Labute approximate surface area is 160 Å². The van der Waals surface area contributed by atoms with Gasteiger partial charge < -0.3 is 15.4 Å². The fourth-order valence-corrected chi connectivity index (χ4v) is 2.46. The van der Waals surface area contributed by atoms with E-state index in [0.717, 1.165) is 5.56 Å². The number of nitrogens with one attached hydrogen (secondary N) is 2. The minimum atomic E-state index is -0.434. The van der Waals surface area contributed by atoms with Gasteiger partial charge in [-0.05, 0) is 42.8 Å². The van der Waals surface area contributed by atoms with Gasteiger partial charge in [-0.2, -0.15) is 0 Å². The van der Waals surface area contributed by atoms with Gasteiger partial charge in [0, 0.05) is 16.8 Å². The monoisotopic (exact) mass is 386 g/mol. The Morgan fingerprint density at radius 2 is 1.89 bits per heavy atom. The summed E-state index contributed by atoms with van der Waals surface area (Å²) in [4.78, 5) is 20.7. The smallest absolute Gasteiger partial charge is 0.275 e. The first-order valence-electron chi connectivity index (χ1n) is 7.96. The van der Waals surface area contributed by atoms with Gasteiger partial charge in [0.15, 0.2) is 0 Å². The Hall–Kier alpha value is -3.19. The molecule has 2 aromatic carbocycles. The Morgan fingerprint density at radius 3 is 2.52 bits per heavy atom. The molecule has 0 aliphatic rings. The van der Waals surface area contributed by atoms with Gasteiger partial charge in [-0.3, -0.25) is 4.79 Å². The van der Waals surface area contributed by atoms with Crippen molar-refractivity contribution in [2.45, 2.75) is 6.92 Å². The van der Waals surface area contributed by atoms with Crippen LogP contribution in [0.1, 0.15) is 16.1 Å². The molecule has 8 heteroatoms. The minimum Gasteiger partial charge on any atom is -0.495 e. The van der Waals surface area contributed by atoms with Gasteiger partial charge in [0.05, 0.1) is 25.2 Å². The molecule has 0 spiro atoms. The minimum absolute atomic E-state index is 0.134. The predicted octanol–water partition coefficient (Wildman–Crippen LogP) is 4.58. The first-order valence-corrected chi connectivity index (χ1v) is 8.34. The van der Waals surface area contributed by atoms with Gasteiger partial charge in [0.2, 0.25) is 0 Å². The Morgan fingerprint density at radius 1 is 1.15 bits per heavy atom.